The molecule has 2 aliphatic rings. The molecule has 0 unspecified atom stereocenters. The Labute approximate surface area is 242 Å². The van der Waals surface area contributed by atoms with Gasteiger partial charge >= 0.3 is 0 Å². The van der Waals surface area contributed by atoms with E-state index in [2.05, 4.69) is 20.6 Å². The molecule has 3 aromatic carbocycles. The Bertz CT molecular complexity index is 1630. The average Bonchev–Trinajstić information content (AvgIpc) is 3.48. The molecular weight excluding hydrogens is 538 g/mol. The molecule has 0 saturated carbocycles. The lowest BCUT2D eigenvalue weighted by Crippen LogP contribution is -2.41. The molecule has 6 rings (SSSR count). The third-order valence-electron chi connectivity index (χ3n) is 7.00. The lowest BCUT2D eigenvalue weighted by atomic mass is 10.2. The highest BCUT2D eigenvalue weighted by atomic mass is 16.7. The number of morpholine rings is 1. The first-order valence-electron chi connectivity index (χ1n) is 13.8. The predicted octanol–water partition coefficient (Wildman–Crippen LogP) is 3.87. The zero-order valence-electron chi connectivity index (χ0n) is 23.2. The molecule has 42 heavy (non-hydrogen) atoms. The fourth-order valence-corrected chi connectivity index (χ4v) is 4.71. The fraction of sp³-hybridized carbons (Fsp3) is 0.258. The standard InChI is InChI=1S/C31H31N5O6/c1-21-5-7-24(8-6-21)36-31(38)29(28(19-33-36)42-25-9-10-26-27(18-25)41-20-40-26)34-23-4-2-3-22(17-23)30(37)32-11-12-35-13-15-39-16-14-35/h2-10,17-19,34H,11-16,20H2,1H3,(H,32,37). The number of amides is 1. The van der Waals surface area contributed by atoms with Crippen LogP contribution >= 0.6 is 0 Å². The van der Waals surface area contributed by atoms with Gasteiger partial charge in [0.05, 0.1) is 25.1 Å². The van der Waals surface area contributed by atoms with Gasteiger partial charge in [0.1, 0.15) is 5.75 Å². The Hall–Kier alpha value is -4.87. The van der Waals surface area contributed by atoms with E-state index >= 15 is 0 Å². The molecule has 0 bridgehead atoms. The van der Waals surface area contributed by atoms with Crippen molar-refractivity contribution in [3.63, 3.8) is 0 Å². The van der Waals surface area contributed by atoms with E-state index < -0.39 is 5.56 Å². The van der Waals surface area contributed by atoms with Gasteiger partial charge in [0.25, 0.3) is 11.5 Å². The second kappa shape index (κ2) is 12.3. The summed E-state index contributed by atoms with van der Waals surface area (Å²) >= 11 is 0. The van der Waals surface area contributed by atoms with Gasteiger partial charge < -0.3 is 29.6 Å². The highest BCUT2D eigenvalue weighted by Gasteiger charge is 2.19. The number of rotatable bonds is 9. The summed E-state index contributed by atoms with van der Waals surface area (Å²) in [5.41, 5.74) is 2.42. The first-order valence-corrected chi connectivity index (χ1v) is 13.8. The van der Waals surface area contributed by atoms with Crippen molar-refractivity contribution in [3.8, 4) is 28.7 Å². The first-order chi connectivity index (χ1) is 20.5. The van der Waals surface area contributed by atoms with Crippen LogP contribution in [0.4, 0.5) is 11.4 Å². The molecule has 11 nitrogen and oxygen atoms in total. The second-order valence-corrected chi connectivity index (χ2v) is 9.97. The molecule has 2 aliphatic heterocycles. The van der Waals surface area contributed by atoms with Crippen molar-refractivity contribution in [3.05, 3.63) is 94.4 Å². The molecule has 4 aromatic rings. The first kappa shape index (κ1) is 27.3. The Morgan fingerprint density at radius 2 is 1.81 bits per heavy atom. The minimum absolute atomic E-state index is 0.136. The van der Waals surface area contributed by atoms with E-state index in [1.165, 1.54) is 10.9 Å². The molecule has 11 heteroatoms. The molecule has 0 aliphatic carbocycles. The third-order valence-corrected chi connectivity index (χ3v) is 7.00. The smallest absolute Gasteiger partial charge is 0.299 e. The Morgan fingerprint density at radius 3 is 2.64 bits per heavy atom. The summed E-state index contributed by atoms with van der Waals surface area (Å²) in [5, 5.41) is 10.5. The van der Waals surface area contributed by atoms with Gasteiger partial charge in [-0.2, -0.15) is 9.78 Å². The minimum Gasteiger partial charge on any atom is -0.454 e. The molecule has 216 valence electrons. The van der Waals surface area contributed by atoms with Crippen LogP contribution < -0.4 is 30.4 Å². The molecular formula is C31H31N5O6. The van der Waals surface area contributed by atoms with Gasteiger partial charge in [-0.15, -0.1) is 0 Å². The summed E-state index contributed by atoms with van der Waals surface area (Å²) in [7, 11) is 0. The third kappa shape index (κ3) is 6.22. The number of benzene rings is 3. The summed E-state index contributed by atoms with van der Waals surface area (Å²) in [5.74, 6) is 1.63. The zero-order valence-corrected chi connectivity index (χ0v) is 23.2. The van der Waals surface area contributed by atoms with Crippen molar-refractivity contribution in [2.45, 2.75) is 6.92 Å². The van der Waals surface area contributed by atoms with Crippen molar-refractivity contribution >= 4 is 17.3 Å². The van der Waals surface area contributed by atoms with Crippen LogP contribution in [-0.4, -0.2) is 66.8 Å². The van der Waals surface area contributed by atoms with Crippen LogP contribution in [0.2, 0.25) is 0 Å². The Balaban J connectivity index is 1.26. The summed E-state index contributed by atoms with van der Waals surface area (Å²) < 4.78 is 23.7. The largest absolute Gasteiger partial charge is 0.454 e. The van der Waals surface area contributed by atoms with Gasteiger partial charge in [-0.25, -0.2) is 0 Å². The monoisotopic (exact) mass is 569 g/mol. The van der Waals surface area contributed by atoms with Crippen LogP contribution in [-0.2, 0) is 4.74 Å². The van der Waals surface area contributed by atoms with Crippen LogP contribution in [0.15, 0.2) is 77.7 Å². The molecule has 0 radical (unpaired) electrons. The summed E-state index contributed by atoms with van der Waals surface area (Å²) in [6, 6.07) is 19.6. The number of ether oxygens (including phenoxy) is 4. The molecule has 1 amide bonds. The summed E-state index contributed by atoms with van der Waals surface area (Å²) in [4.78, 5) is 29.0. The van der Waals surface area contributed by atoms with Crippen molar-refractivity contribution in [1.82, 2.24) is 20.0 Å². The normalized spacial score (nSPS) is 14.4. The molecule has 0 spiro atoms. The van der Waals surface area contributed by atoms with E-state index in [1.54, 1.807) is 42.5 Å². The highest BCUT2D eigenvalue weighted by Crippen LogP contribution is 2.37. The number of hydrogen-bond acceptors (Lipinski definition) is 9. The molecule has 1 fully saturated rings. The topological polar surface area (TPSA) is 116 Å². The number of carbonyl (C=O) groups excluding carboxylic acids is 1. The van der Waals surface area contributed by atoms with Crippen molar-refractivity contribution in [2.24, 2.45) is 0 Å². The number of fused-ring (bicyclic) bond motifs is 1. The second-order valence-electron chi connectivity index (χ2n) is 9.97. The number of aromatic nitrogens is 2. The molecule has 3 heterocycles. The van der Waals surface area contributed by atoms with Crippen LogP contribution in [0.25, 0.3) is 5.69 Å². The van der Waals surface area contributed by atoms with E-state index in [1.807, 2.05) is 31.2 Å². The van der Waals surface area contributed by atoms with Gasteiger partial charge in [0, 0.05) is 43.5 Å². The van der Waals surface area contributed by atoms with E-state index in [9.17, 15) is 9.59 Å². The van der Waals surface area contributed by atoms with Crippen LogP contribution in [0.3, 0.4) is 0 Å². The Kier molecular flexibility index (Phi) is 8.02. The number of nitrogens with zero attached hydrogens (tertiary/aromatic N) is 3. The molecule has 2 N–H and O–H groups in total. The maximum absolute atomic E-state index is 13.8. The number of anilines is 2. The van der Waals surface area contributed by atoms with Gasteiger partial charge in [-0.3, -0.25) is 14.5 Å². The number of aryl methyl sites for hydroxylation is 1. The van der Waals surface area contributed by atoms with E-state index in [0.29, 0.717) is 53.9 Å². The number of nitrogens with one attached hydrogen (secondary N) is 2. The van der Waals surface area contributed by atoms with Crippen LogP contribution in [0.5, 0.6) is 23.0 Å². The van der Waals surface area contributed by atoms with Crippen molar-refractivity contribution in [1.29, 1.82) is 0 Å². The summed E-state index contributed by atoms with van der Waals surface area (Å²) in [6.45, 7) is 6.53. The van der Waals surface area contributed by atoms with E-state index in [-0.39, 0.29) is 24.1 Å². The van der Waals surface area contributed by atoms with Gasteiger partial charge in [-0.05, 0) is 49.4 Å². The lowest BCUT2D eigenvalue weighted by molar-refractivity contribution is 0.0383. The quantitative estimate of drug-likeness (QED) is 0.310. The van der Waals surface area contributed by atoms with Crippen molar-refractivity contribution in [2.75, 3.05) is 51.5 Å². The van der Waals surface area contributed by atoms with Gasteiger partial charge in [0.2, 0.25) is 6.79 Å². The van der Waals surface area contributed by atoms with Gasteiger partial charge in [0.15, 0.2) is 22.9 Å². The summed E-state index contributed by atoms with van der Waals surface area (Å²) in [6.07, 6.45) is 1.48. The fourth-order valence-electron chi connectivity index (χ4n) is 4.71. The predicted molar refractivity (Wildman–Crippen MR) is 157 cm³/mol. The van der Waals surface area contributed by atoms with E-state index in [0.717, 1.165) is 25.2 Å². The van der Waals surface area contributed by atoms with Crippen LogP contribution in [0, 0.1) is 6.92 Å². The molecule has 1 saturated heterocycles. The maximum Gasteiger partial charge on any atom is 0.299 e. The number of carbonyl (C=O) groups is 1. The molecule has 1 aromatic heterocycles. The maximum atomic E-state index is 13.8. The zero-order chi connectivity index (χ0) is 28.9. The van der Waals surface area contributed by atoms with E-state index in [4.69, 9.17) is 18.9 Å². The van der Waals surface area contributed by atoms with Gasteiger partial charge in [-0.1, -0.05) is 23.8 Å². The lowest BCUT2D eigenvalue weighted by Gasteiger charge is -2.26. The SMILES string of the molecule is Cc1ccc(-n2ncc(Oc3ccc4c(c3)OCO4)c(Nc3cccc(C(=O)NCCN4CCOCC4)c3)c2=O)cc1. The van der Waals surface area contributed by atoms with Crippen molar-refractivity contribution < 1.29 is 23.7 Å². The number of hydrogen-bond donors (Lipinski definition) is 2. The average molecular weight is 570 g/mol. The molecule has 0 atom stereocenters. The minimum atomic E-state index is -0.419. The highest BCUT2D eigenvalue weighted by molar-refractivity contribution is 5.95. The van der Waals surface area contributed by atoms with Crippen LogP contribution in [0.1, 0.15) is 15.9 Å². The Morgan fingerprint density at radius 1 is 1.00 bits per heavy atom.